The number of aliphatic hydroxyl groups is 1. The molecule has 1 N–H and O–H groups in total. The van der Waals surface area contributed by atoms with Gasteiger partial charge >= 0.3 is 5.97 Å². The van der Waals surface area contributed by atoms with E-state index in [0.29, 0.717) is 0 Å². The highest BCUT2D eigenvalue weighted by molar-refractivity contribution is 5.81. The van der Waals surface area contributed by atoms with Crippen LogP contribution in [0.5, 0.6) is 0 Å². The molecule has 2 unspecified atom stereocenters. The van der Waals surface area contributed by atoms with Crippen molar-refractivity contribution >= 4 is 5.97 Å². The predicted molar refractivity (Wildman–Crippen MR) is 49.3 cm³/mol. The molecule has 0 amide bonds. The van der Waals surface area contributed by atoms with Crippen molar-refractivity contribution in [1.29, 1.82) is 0 Å². The summed E-state index contributed by atoms with van der Waals surface area (Å²) >= 11 is 0. The second-order valence-electron chi connectivity index (χ2n) is 2.51. The largest absolute Gasteiger partial charge is 0.433 e. The Bertz CT molecular complexity index is 180. The molecule has 0 aliphatic heterocycles. The third-order valence-electron chi connectivity index (χ3n) is 1.28. The maximum atomic E-state index is 10.7. The summed E-state index contributed by atoms with van der Waals surface area (Å²) < 4.78 is 14.8. The molecule has 0 aromatic heterocycles. The molecule has 0 aliphatic rings. The van der Waals surface area contributed by atoms with Crippen molar-refractivity contribution in [2.24, 2.45) is 0 Å². The minimum atomic E-state index is -0.700. The van der Waals surface area contributed by atoms with E-state index in [2.05, 4.69) is 6.58 Å². The summed E-state index contributed by atoms with van der Waals surface area (Å²) in [6.45, 7) is 6.57. The summed E-state index contributed by atoms with van der Waals surface area (Å²) in [5, 5.41) is 8.45. The first-order valence-corrected chi connectivity index (χ1v) is 4.31. The number of esters is 1. The molecule has 0 aliphatic carbocycles. The average molecular weight is 204 g/mol. The van der Waals surface area contributed by atoms with Gasteiger partial charge in [-0.15, -0.1) is 0 Å². The summed E-state index contributed by atoms with van der Waals surface area (Å²) in [4.78, 5) is 10.7. The second-order valence-corrected chi connectivity index (χ2v) is 2.51. The number of ether oxygens (including phenoxy) is 3. The van der Waals surface area contributed by atoms with Gasteiger partial charge in [-0.3, -0.25) is 0 Å². The van der Waals surface area contributed by atoms with Crippen molar-refractivity contribution < 1.29 is 24.1 Å². The van der Waals surface area contributed by atoms with Gasteiger partial charge in [-0.1, -0.05) is 6.58 Å². The van der Waals surface area contributed by atoms with Crippen LogP contribution in [-0.2, 0) is 19.0 Å². The smallest absolute Gasteiger partial charge is 0.332 e. The Balaban J connectivity index is 3.64. The third kappa shape index (κ3) is 6.59. The van der Waals surface area contributed by atoms with Crippen LogP contribution in [0.1, 0.15) is 13.8 Å². The van der Waals surface area contributed by atoms with Crippen molar-refractivity contribution in [3.05, 3.63) is 12.7 Å². The lowest BCUT2D eigenvalue weighted by Crippen LogP contribution is -2.24. The molecular formula is C9H16O5. The van der Waals surface area contributed by atoms with Crippen LogP contribution in [0.2, 0.25) is 0 Å². The van der Waals surface area contributed by atoms with Gasteiger partial charge in [0.25, 0.3) is 0 Å². The van der Waals surface area contributed by atoms with E-state index in [1.807, 2.05) is 0 Å². The molecule has 0 aromatic rings. The molecule has 0 radical (unpaired) electrons. The van der Waals surface area contributed by atoms with Gasteiger partial charge in [0.15, 0.2) is 6.29 Å². The zero-order chi connectivity index (χ0) is 11.0. The van der Waals surface area contributed by atoms with Gasteiger partial charge in [0.1, 0.15) is 0 Å². The van der Waals surface area contributed by atoms with Crippen molar-refractivity contribution in [2.45, 2.75) is 26.4 Å². The summed E-state index contributed by atoms with van der Waals surface area (Å²) in [6.07, 6.45) is -0.178. The Morgan fingerprint density at radius 3 is 2.64 bits per heavy atom. The van der Waals surface area contributed by atoms with Crippen LogP contribution in [-0.4, -0.2) is 36.9 Å². The first kappa shape index (κ1) is 13.1. The SMILES string of the molecule is C=CC(=O)OC(C)OC(C)OCCO. The van der Waals surface area contributed by atoms with Crippen LogP contribution in [0, 0.1) is 0 Å². The topological polar surface area (TPSA) is 65.0 Å². The Morgan fingerprint density at radius 2 is 2.14 bits per heavy atom. The van der Waals surface area contributed by atoms with Gasteiger partial charge in [0.05, 0.1) is 13.2 Å². The molecule has 0 heterocycles. The minimum Gasteiger partial charge on any atom is -0.433 e. The van der Waals surface area contributed by atoms with Crippen LogP contribution < -0.4 is 0 Å². The standard InChI is InChI=1S/C9H16O5/c1-4-9(11)14-8(3)13-7(2)12-6-5-10/h4,7-8,10H,1,5-6H2,2-3H3. The highest BCUT2D eigenvalue weighted by atomic mass is 16.8. The molecule has 0 saturated heterocycles. The van der Waals surface area contributed by atoms with Gasteiger partial charge in [-0.25, -0.2) is 4.79 Å². The van der Waals surface area contributed by atoms with Crippen molar-refractivity contribution in [3.63, 3.8) is 0 Å². The van der Waals surface area contributed by atoms with Gasteiger partial charge in [0.2, 0.25) is 6.29 Å². The summed E-state index contributed by atoms with van der Waals surface area (Å²) in [5.41, 5.74) is 0. The number of carbonyl (C=O) groups excluding carboxylic acids is 1. The molecular weight excluding hydrogens is 188 g/mol. The minimum absolute atomic E-state index is 0.0749. The molecule has 0 bridgehead atoms. The van der Waals surface area contributed by atoms with Gasteiger partial charge < -0.3 is 19.3 Å². The van der Waals surface area contributed by atoms with E-state index in [9.17, 15) is 4.79 Å². The number of hydrogen-bond acceptors (Lipinski definition) is 5. The second kappa shape index (κ2) is 7.49. The lowest BCUT2D eigenvalue weighted by Gasteiger charge is -2.18. The van der Waals surface area contributed by atoms with Crippen molar-refractivity contribution in [2.75, 3.05) is 13.2 Å². The van der Waals surface area contributed by atoms with E-state index in [0.717, 1.165) is 6.08 Å². The third-order valence-corrected chi connectivity index (χ3v) is 1.28. The lowest BCUT2D eigenvalue weighted by molar-refractivity contribution is -0.228. The van der Waals surface area contributed by atoms with Crippen LogP contribution in [0.25, 0.3) is 0 Å². The first-order valence-electron chi connectivity index (χ1n) is 4.31. The highest BCUT2D eigenvalue weighted by Gasteiger charge is 2.11. The van der Waals surface area contributed by atoms with Gasteiger partial charge in [-0.2, -0.15) is 0 Å². The highest BCUT2D eigenvalue weighted by Crippen LogP contribution is 2.01. The molecule has 0 fully saturated rings. The summed E-state index contributed by atoms with van der Waals surface area (Å²) in [6, 6.07) is 0. The fourth-order valence-corrected chi connectivity index (χ4v) is 0.767. The number of carbonyl (C=O) groups is 1. The number of hydrogen-bond donors (Lipinski definition) is 1. The molecule has 0 rings (SSSR count). The predicted octanol–water partition coefficient (Wildman–Crippen LogP) is 0.433. The maximum Gasteiger partial charge on any atom is 0.332 e. The molecule has 5 nitrogen and oxygen atoms in total. The van der Waals surface area contributed by atoms with Crippen molar-refractivity contribution in [3.8, 4) is 0 Å². The molecule has 0 saturated carbocycles. The summed E-state index contributed by atoms with van der Waals surface area (Å²) in [7, 11) is 0. The molecule has 0 spiro atoms. The Hall–Kier alpha value is -0.910. The van der Waals surface area contributed by atoms with E-state index >= 15 is 0 Å². The summed E-state index contributed by atoms with van der Waals surface area (Å²) in [5.74, 6) is -0.549. The first-order chi connectivity index (χ1) is 6.60. The van der Waals surface area contributed by atoms with E-state index < -0.39 is 18.5 Å². The molecule has 2 atom stereocenters. The maximum absolute atomic E-state index is 10.7. The van der Waals surface area contributed by atoms with Gasteiger partial charge in [-0.05, 0) is 13.8 Å². The van der Waals surface area contributed by atoms with Crippen LogP contribution in [0.15, 0.2) is 12.7 Å². The normalized spacial score (nSPS) is 14.5. The van der Waals surface area contributed by atoms with Crippen molar-refractivity contribution in [1.82, 2.24) is 0 Å². The van der Waals surface area contributed by atoms with Crippen LogP contribution in [0.4, 0.5) is 0 Å². The number of rotatable bonds is 7. The Labute approximate surface area is 83.3 Å². The quantitative estimate of drug-likeness (QED) is 0.370. The van der Waals surface area contributed by atoms with E-state index in [4.69, 9.17) is 19.3 Å². The number of aliphatic hydroxyl groups excluding tert-OH is 1. The fourth-order valence-electron chi connectivity index (χ4n) is 0.767. The molecule has 82 valence electrons. The van der Waals surface area contributed by atoms with Gasteiger partial charge in [0, 0.05) is 6.08 Å². The molecule has 0 aromatic carbocycles. The van der Waals surface area contributed by atoms with Crippen LogP contribution in [0.3, 0.4) is 0 Å². The zero-order valence-corrected chi connectivity index (χ0v) is 8.43. The monoisotopic (exact) mass is 204 g/mol. The average Bonchev–Trinajstić information content (AvgIpc) is 2.14. The molecule has 14 heavy (non-hydrogen) atoms. The Morgan fingerprint density at radius 1 is 1.50 bits per heavy atom. The Kier molecular flexibility index (Phi) is 7.00. The fraction of sp³-hybridized carbons (Fsp3) is 0.667. The molecule has 5 heteroatoms. The van der Waals surface area contributed by atoms with E-state index in [1.165, 1.54) is 0 Å². The van der Waals surface area contributed by atoms with E-state index in [1.54, 1.807) is 13.8 Å². The van der Waals surface area contributed by atoms with E-state index in [-0.39, 0.29) is 13.2 Å². The van der Waals surface area contributed by atoms with Crippen LogP contribution >= 0.6 is 0 Å². The lowest BCUT2D eigenvalue weighted by atomic mass is 10.6. The zero-order valence-electron chi connectivity index (χ0n) is 8.43.